The first-order chi connectivity index (χ1) is 7.27. The van der Waals surface area contributed by atoms with E-state index in [4.69, 9.17) is 11.6 Å². The maximum atomic E-state index is 11.1. The highest BCUT2D eigenvalue weighted by molar-refractivity contribution is 6.32. The standard InChI is InChI=1S/C10H10N2O2/c1-8(12-11)10(13)14-7-9-5-3-2-4-6-9/h2-6H,7H2,1H3/i1D. The average molecular weight is 191 g/mol. The van der Waals surface area contributed by atoms with Crippen molar-refractivity contribution >= 4 is 11.7 Å². The van der Waals surface area contributed by atoms with E-state index in [9.17, 15) is 4.79 Å². The number of rotatable bonds is 3. The quantitative estimate of drug-likeness (QED) is 0.314. The zero-order chi connectivity index (χ0) is 11.1. The van der Waals surface area contributed by atoms with Gasteiger partial charge in [0.2, 0.25) is 0 Å². The molecule has 0 N–H and O–H groups in total. The van der Waals surface area contributed by atoms with E-state index < -0.39 is 12.9 Å². The molecule has 0 aliphatic carbocycles. The minimum atomic E-state index is -0.767. The van der Waals surface area contributed by atoms with Crippen LogP contribution >= 0.6 is 0 Å². The SMILES string of the molecule is [2H]CC(=[N+]=[N-])C(=O)OCc1ccccc1. The highest BCUT2D eigenvalue weighted by atomic mass is 16.5. The Balaban J connectivity index is 2.51. The fraction of sp³-hybridized carbons (Fsp3) is 0.200. The molecule has 0 fully saturated rings. The minimum absolute atomic E-state index is 0.110. The molecule has 0 saturated heterocycles. The van der Waals surface area contributed by atoms with E-state index in [1.807, 2.05) is 30.3 Å². The zero-order valence-electron chi connectivity index (χ0n) is 8.51. The zero-order valence-corrected chi connectivity index (χ0v) is 7.51. The van der Waals surface area contributed by atoms with Gasteiger partial charge in [-0.05, 0) is 5.56 Å². The van der Waals surface area contributed by atoms with Gasteiger partial charge in [0.1, 0.15) is 6.61 Å². The molecule has 0 spiro atoms. The molecule has 72 valence electrons. The van der Waals surface area contributed by atoms with Crippen molar-refractivity contribution in [3.05, 3.63) is 41.4 Å². The number of hydrogen-bond donors (Lipinski definition) is 0. The summed E-state index contributed by atoms with van der Waals surface area (Å²) in [4.78, 5) is 13.8. The summed E-state index contributed by atoms with van der Waals surface area (Å²) in [6.45, 7) is -0.289. The van der Waals surface area contributed by atoms with Gasteiger partial charge in [0.15, 0.2) is 0 Å². The number of carbonyl (C=O) groups excluding carboxylic acids is 1. The first-order valence-corrected chi connectivity index (χ1v) is 3.99. The van der Waals surface area contributed by atoms with Crippen molar-refractivity contribution in [1.29, 1.82) is 0 Å². The lowest BCUT2D eigenvalue weighted by Gasteiger charge is -2.00. The maximum absolute atomic E-state index is 11.1. The average Bonchev–Trinajstić information content (AvgIpc) is 2.29. The Labute approximate surface area is 83.2 Å². The van der Waals surface area contributed by atoms with Gasteiger partial charge in [-0.15, -0.1) is 0 Å². The highest BCUT2D eigenvalue weighted by Gasteiger charge is 2.14. The molecule has 0 aliphatic heterocycles. The van der Waals surface area contributed by atoms with Gasteiger partial charge < -0.3 is 10.3 Å². The largest absolute Gasteiger partial charge is 0.452 e. The van der Waals surface area contributed by atoms with Crippen molar-refractivity contribution in [2.24, 2.45) is 0 Å². The van der Waals surface area contributed by atoms with Crippen LogP contribution in [-0.4, -0.2) is 16.5 Å². The first-order valence-electron chi connectivity index (χ1n) is 4.70. The van der Waals surface area contributed by atoms with Crippen LogP contribution < -0.4 is 0 Å². The fourth-order valence-electron chi connectivity index (χ4n) is 0.847. The molecule has 0 unspecified atom stereocenters. The summed E-state index contributed by atoms with van der Waals surface area (Å²) in [6, 6.07) is 9.13. The number of hydrogen-bond acceptors (Lipinski definition) is 2. The minimum Gasteiger partial charge on any atom is -0.452 e. The second-order valence-corrected chi connectivity index (χ2v) is 2.61. The molecular weight excluding hydrogens is 180 g/mol. The number of benzene rings is 1. The number of ether oxygens (including phenoxy) is 1. The van der Waals surface area contributed by atoms with Crippen LogP contribution in [0.25, 0.3) is 5.53 Å². The molecule has 0 aromatic heterocycles. The van der Waals surface area contributed by atoms with Crippen molar-refractivity contribution < 1.29 is 15.7 Å². The molecule has 0 amide bonds. The van der Waals surface area contributed by atoms with Gasteiger partial charge in [0.25, 0.3) is 0 Å². The van der Waals surface area contributed by atoms with E-state index in [2.05, 4.69) is 4.79 Å². The number of nitrogens with zero attached hydrogens (tertiary/aromatic N) is 2. The van der Waals surface area contributed by atoms with Gasteiger partial charge in [0.05, 0.1) is 0 Å². The third-order valence-corrected chi connectivity index (χ3v) is 1.57. The molecule has 1 aromatic rings. The monoisotopic (exact) mass is 191 g/mol. The van der Waals surface area contributed by atoms with Crippen LogP contribution in [0.15, 0.2) is 30.3 Å². The maximum Gasteiger partial charge on any atom is 0.416 e. The Morgan fingerprint density at radius 2 is 2.29 bits per heavy atom. The lowest BCUT2D eigenvalue weighted by atomic mass is 10.2. The van der Waals surface area contributed by atoms with Crippen LogP contribution in [-0.2, 0) is 16.1 Å². The lowest BCUT2D eigenvalue weighted by Crippen LogP contribution is -2.14. The van der Waals surface area contributed by atoms with Crippen molar-refractivity contribution in [2.75, 3.05) is 0 Å². The Kier molecular flexibility index (Phi) is 3.06. The van der Waals surface area contributed by atoms with Crippen LogP contribution in [0.5, 0.6) is 0 Å². The van der Waals surface area contributed by atoms with Gasteiger partial charge in [-0.3, -0.25) is 0 Å². The Hall–Kier alpha value is -1.93. The van der Waals surface area contributed by atoms with Gasteiger partial charge in [-0.2, -0.15) is 4.79 Å². The topological polar surface area (TPSA) is 62.7 Å². The molecule has 0 heterocycles. The van der Waals surface area contributed by atoms with Crippen molar-refractivity contribution in [2.45, 2.75) is 13.5 Å². The predicted octanol–water partition coefficient (Wildman–Crippen LogP) is 1.42. The Morgan fingerprint density at radius 1 is 1.57 bits per heavy atom. The summed E-state index contributed by atoms with van der Waals surface area (Å²) < 4.78 is 11.7. The first kappa shape index (κ1) is 8.66. The molecule has 1 aromatic carbocycles. The van der Waals surface area contributed by atoms with E-state index in [0.29, 0.717) is 0 Å². The Bertz CT molecular complexity index is 386. The van der Waals surface area contributed by atoms with E-state index >= 15 is 0 Å². The number of carbonyl (C=O) groups is 1. The van der Waals surface area contributed by atoms with Gasteiger partial charge in [-0.25, -0.2) is 4.79 Å². The van der Waals surface area contributed by atoms with Crippen molar-refractivity contribution in [1.82, 2.24) is 0 Å². The summed E-state index contributed by atoms with van der Waals surface area (Å²) in [5.74, 6) is -0.767. The highest BCUT2D eigenvalue weighted by Crippen LogP contribution is 2.00. The molecule has 4 nitrogen and oxygen atoms in total. The van der Waals surface area contributed by atoms with Crippen LogP contribution in [0.1, 0.15) is 13.8 Å². The molecule has 0 aliphatic rings. The normalized spacial score (nSPS) is 9.86. The van der Waals surface area contributed by atoms with Crippen molar-refractivity contribution in [3.8, 4) is 0 Å². The van der Waals surface area contributed by atoms with Crippen molar-refractivity contribution in [3.63, 3.8) is 0 Å². The lowest BCUT2D eigenvalue weighted by molar-refractivity contribution is -0.141. The van der Waals surface area contributed by atoms with Gasteiger partial charge in [-0.1, -0.05) is 30.3 Å². The molecule has 4 heteroatoms. The smallest absolute Gasteiger partial charge is 0.416 e. The third kappa shape index (κ3) is 2.84. The molecule has 0 bridgehead atoms. The van der Waals surface area contributed by atoms with Crippen LogP contribution in [0, 0.1) is 0 Å². The fourth-order valence-corrected chi connectivity index (χ4v) is 0.847. The van der Waals surface area contributed by atoms with Crippen LogP contribution in [0.3, 0.4) is 0 Å². The molecule has 14 heavy (non-hydrogen) atoms. The molecule has 1 rings (SSSR count). The van der Waals surface area contributed by atoms with Crippen LogP contribution in [0.2, 0.25) is 0 Å². The van der Waals surface area contributed by atoms with E-state index in [1.165, 1.54) is 0 Å². The number of esters is 1. The Morgan fingerprint density at radius 3 is 2.86 bits per heavy atom. The molecular formula is C10H10N2O2. The van der Waals surface area contributed by atoms with E-state index in [-0.39, 0.29) is 12.3 Å². The summed E-state index contributed by atoms with van der Waals surface area (Å²) >= 11 is 0. The van der Waals surface area contributed by atoms with E-state index in [0.717, 1.165) is 5.56 Å². The third-order valence-electron chi connectivity index (χ3n) is 1.57. The molecule has 0 radical (unpaired) electrons. The summed E-state index contributed by atoms with van der Waals surface area (Å²) in [5, 5.41) is 0. The second-order valence-electron chi connectivity index (χ2n) is 2.61. The second kappa shape index (κ2) is 4.94. The summed E-state index contributed by atoms with van der Waals surface area (Å²) in [6.07, 6.45) is 0. The molecule has 0 saturated carbocycles. The van der Waals surface area contributed by atoms with E-state index in [1.54, 1.807) is 0 Å². The van der Waals surface area contributed by atoms with Crippen LogP contribution in [0.4, 0.5) is 0 Å². The van der Waals surface area contributed by atoms with Gasteiger partial charge >= 0.3 is 11.7 Å². The summed E-state index contributed by atoms with van der Waals surface area (Å²) in [7, 11) is 0. The predicted molar refractivity (Wildman–Crippen MR) is 50.5 cm³/mol. The molecule has 0 atom stereocenters. The van der Waals surface area contributed by atoms with Gasteiger partial charge in [0, 0.05) is 8.27 Å². The summed E-state index contributed by atoms with van der Waals surface area (Å²) in [5.41, 5.74) is 8.90.